The molecule has 1 saturated carbocycles. The molecule has 0 aromatic heterocycles. The maximum atomic E-state index is 9.67. The third-order valence-corrected chi connectivity index (χ3v) is 11.8. The molecule has 1 aliphatic rings. The van der Waals surface area contributed by atoms with Gasteiger partial charge in [-0.05, 0) is 0 Å². The minimum absolute atomic E-state index is 0.399. The molecule has 0 saturated heterocycles. The molecule has 2 atom stereocenters. The summed E-state index contributed by atoms with van der Waals surface area (Å²) >= 11 is -1.18. The Balaban J connectivity index is 2.30. The van der Waals surface area contributed by atoms with Crippen LogP contribution in [0.4, 0.5) is 0 Å². The van der Waals surface area contributed by atoms with Crippen LogP contribution in [0.5, 0.6) is 0 Å². The van der Waals surface area contributed by atoms with E-state index in [1.807, 2.05) is 0 Å². The summed E-state index contributed by atoms with van der Waals surface area (Å²) in [5, 5.41) is 3.24. The number of amides is 1. The summed E-state index contributed by atoms with van der Waals surface area (Å²) in [6.45, 7) is 0.696. The molecule has 1 amide bonds. The summed E-state index contributed by atoms with van der Waals surface area (Å²) in [6, 6.07) is 0.453. The summed E-state index contributed by atoms with van der Waals surface area (Å²) in [5.41, 5.74) is 0. The predicted octanol–water partition coefficient (Wildman–Crippen LogP) is 1.59. The molecule has 0 radical (unpaired) electrons. The van der Waals surface area contributed by atoms with Crippen molar-refractivity contribution in [2.24, 2.45) is 0 Å². The molecule has 5 heteroatoms. The Labute approximate surface area is 107 Å². The Bertz CT molecular complexity index is 204. The van der Waals surface area contributed by atoms with Gasteiger partial charge in [0.05, 0.1) is 0 Å². The molecule has 0 bridgehead atoms. The van der Waals surface area contributed by atoms with Crippen molar-refractivity contribution in [1.29, 1.82) is 0 Å². The SMILES string of the molecule is C[OH+]CCC(=[OH+])NC1CCCC[CH]1[Hg][Cl]. The second-order valence-electron chi connectivity index (χ2n) is 4.19. The van der Waals surface area contributed by atoms with Crippen molar-refractivity contribution in [1.82, 2.24) is 5.32 Å². The molecule has 1 fully saturated rings. The average Bonchev–Trinajstić information content (AvgIpc) is 2.27. The van der Waals surface area contributed by atoms with Gasteiger partial charge >= 0.3 is 108 Å². The van der Waals surface area contributed by atoms with E-state index in [1.165, 1.54) is 25.7 Å². The monoisotopic (exact) mass is 423 g/mol. The van der Waals surface area contributed by atoms with E-state index in [4.69, 9.17) is 8.25 Å². The molecule has 1 rings (SSSR count). The molecule has 3 N–H and O–H groups in total. The number of carbonyl (C=O) groups excluding carboxylic acids is 1. The summed E-state index contributed by atoms with van der Waals surface area (Å²) in [4.78, 5) is 9.67. The summed E-state index contributed by atoms with van der Waals surface area (Å²) < 4.78 is 4.70. The number of aliphatic hydroxyl groups is 2. The van der Waals surface area contributed by atoms with E-state index in [1.54, 1.807) is 7.11 Å². The van der Waals surface area contributed by atoms with Crippen LogP contribution >= 0.6 is 8.25 Å². The molecule has 0 aliphatic heterocycles. The molecule has 0 heterocycles. The van der Waals surface area contributed by atoms with Crippen LogP contribution in [-0.2, 0) is 23.3 Å². The topological polar surface area (TPSA) is 46.2 Å². The summed E-state index contributed by atoms with van der Waals surface area (Å²) in [5.74, 6) is 0.399. The van der Waals surface area contributed by atoms with Gasteiger partial charge in [0.25, 0.3) is 0 Å². The Hall–Kier alpha value is 0.655. The molecule has 0 spiro atoms. The zero-order chi connectivity index (χ0) is 11.1. The zero-order valence-corrected chi connectivity index (χ0v) is 15.6. The van der Waals surface area contributed by atoms with Crippen molar-refractivity contribution in [2.45, 2.75) is 41.6 Å². The first-order valence-electron chi connectivity index (χ1n) is 5.70. The number of rotatable bonds is 5. The van der Waals surface area contributed by atoms with Gasteiger partial charge in [0.15, 0.2) is 0 Å². The minimum atomic E-state index is -1.18. The first-order valence-corrected chi connectivity index (χ1v) is 15.6. The summed E-state index contributed by atoms with van der Waals surface area (Å²) in [6.07, 6.45) is 5.67. The van der Waals surface area contributed by atoms with Crippen LogP contribution in [0, 0.1) is 0 Å². The normalized spacial score (nSPS) is 25.7. The van der Waals surface area contributed by atoms with Crippen LogP contribution in [0.1, 0.15) is 32.1 Å². The van der Waals surface area contributed by atoms with E-state index in [2.05, 4.69) is 10.1 Å². The first-order chi connectivity index (χ1) is 7.27. The second kappa shape index (κ2) is 7.85. The van der Waals surface area contributed by atoms with Gasteiger partial charge < -0.3 is 0 Å². The van der Waals surface area contributed by atoms with Gasteiger partial charge in [-0.15, -0.1) is 0 Å². The van der Waals surface area contributed by atoms with Gasteiger partial charge in [-0.3, -0.25) is 0 Å². The molecule has 1 aliphatic carbocycles. The number of halogens is 1. The third-order valence-electron chi connectivity index (χ3n) is 3.03. The fourth-order valence-corrected chi connectivity index (χ4v) is 9.26. The molecule has 84 valence electrons. The van der Waals surface area contributed by atoms with Crippen LogP contribution in [-0.4, -0.2) is 35.2 Å². The van der Waals surface area contributed by atoms with E-state index >= 15 is 0 Å². The van der Waals surface area contributed by atoms with Crippen molar-refractivity contribution in [3.63, 3.8) is 0 Å². The molecule has 0 aromatic carbocycles. The van der Waals surface area contributed by atoms with Crippen LogP contribution < -0.4 is 5.32 Å². The fraction of sp³-hybridized carbons (Fsp3) is 0.900. The molecule has 15 heavy (non-hydrogen) atoms. The van der Waals surface area contributed by atoms with Gasteiger partial charge in [-0.2, -0.15) is 0 Å². The van der Waals surface area contributed by atoms with Crippen molar-refractivity contribution >= 4 is 14.2 Å². The number of hydrogen-bond acceptors (Lipinski definition) is 0. The molecule has 3 nitrogen and oxygen atoms in total. The van der Waals surface area contributed by atoms with Gasteiger partial charge in [0, 0.05) is 0 Å². The quantitative estimate of drug-likeness (QED) is 0.517. The first kappa shape index (κ1) is 13.7. The van der Waals surface area contributed by atoms with E-state index in [0.717, 1.165) is 3.43 Å². The Morgan fingerprint density at radius 2 is 2.27 bits per heavy atom. The van der Waals surface area contributed by atoms with Crippen LogP contribution in [0.3, 0.4) is 0 Å². The van der Waals surface area contributed by atoms with Crippen LogP contribution in [0.15, 0.2) is 0 Å². The van der Waals surface area contributed by atoms with Gasteiger partial charge in [0.1, 0.15) is 0 Å². The Morgan fingerprint density at radius 1 is 1.53 bits per heavy atom. The average molecular weight is 422 g/mol. The van der Waals surface area contributed by atoms with E-state index < -0.39 is 23.3 Å². The third kappa shape index (κ3) is 5.00. The molecule has 2 unspecified atom stereocenters. The number of nitrogens with one attached hydrogen (secondary N) is 1. The molecular formula is C10H20ClHgNO2+2. The van der Waals surface area contributed by atoms with Crippen molar-refractivity contribution in [2.75, 3.05) is 13.7 Å². The van der Waals surface area contributed by atoms with Crippen molar-refractivity contribution < 1.29 is 32.9 Å². The van der Waals surface area contributed by atoms with Gasteiger partial charge in [-0.25, -0.2) is 0 Å². The summed E-state index contributed by atoms with van der Waals surface area (Å²) in [7, 11) is 7.91. The van der Waals surface area contributed by atoms with E-state index in [-0.39, 0.29) is 0 Å². The Morgan fingerprint density at radius 3 is 2.93 bits per heavy atom. The predicted molar refractivity (Wildman–Crippen MR) is 59.6 cm³/mol. The van der Waals surface area contributed by atoms with Crippen LogP contribution in [0.2, 0.25) is 3.43 Å². The van der Waals surface area contributed by atoms with Gasteiger partial charge in [-0.1, -0.05) is 0 Å². The standard InChI is InChI=1S/C10H18NO2.ClH.Hg/c1-13-8-7-10(12)11-9-5-3-2-4-6-9;;/h5,9H,2-4,6-8H2,1H3,(H,11,12);1H;/q;;+1/p+1. The molecular weight excluding hydrogens is 402 g/mol. The maximum absolute atomic E-state index is 9.67. The van der Waals surface area contributed by atoms with Crippen molar-refractivity contribution in [3.8, 4) is 0 Å². The fourth-order valence-electron chi connectivity index (χ4n) is 2.09. The van der Waals surface area contributed by atoms with E-state index in [9.17, 15) is 4.79 Å². The second-order valence-corrected chi connectivity index (χ2v) is 12.2. The number of hydrogen-bond donors (Lipinski definition) is 1. The zero-order valence-electron chi connectivity index (χ0n) is 9.38. The Kier molecular flexibility index (Phi) is 7.18. The molecule has 0 aromatic rings. The number of ether oxygens (including phenoxy) is 1. The van der Waals surface area contributed by atoms with E-state index in [0.29, 0.717) is 25.0 Å². The van der Waals surface area contributed by atoms with Crippen LogP contribution in [0.25, 0.3) is 0 Å². The van der Waals surface area contributed by atoms with Gasteiger partial charge in [0.2, 0.25) is 0 Å². The van der Waals surface area contributed by atoms with Crippen molar-refractivity contribution in [3.05, 3.63) is 0 Å².